The lowest BCUT2D eigenvalue weighted by atomic mass is 10.0. The van der Waals surface area contributed by atoms with Crippen LogP contribution in [0.1, 0.15) is 31.9 Å². The van der Waals surface area contributed by atoms with Gasteiger partial charge in [-0.25, -0.2) is 12.8 Å². The first-order chi connectivity index (χ1) is 7.92. The summed E-state index contributed by atoms with van der Waals surface area (Å²) >= 11 is 0. The molecule has 2 atom stereocenters. The lowest BCUT2D eigenvalue weighted by Gasteiger charge is -2.22. The van der Waals surface area contributed by atoms with Gasteiger partial charge in [-0.05, 0) is 24.1 Å². The first-order valence-electron chi connectivity index (χ1n) is 5.65. The maximum atomic E-state index is 13.1. The van der Waals surface area contributed by atoms with Gasteiger partial charge in [-0.15, -0.1) is 0 Å². The summed E-state index contributed by atoms with van der Waals surface area (Å²) in [6, 6.07) is 5.11. The van der Waals surface area contributed by atoms with Crippen molar-refractivity contribution in [2.24, 2.45) is 5.73 Å². The molecule has 0 aromatic heterocycles. The molecule has 0 bridgehead atoms. The summed E-state index contributed by atoms with van der Waals surface area (Å²) in [4.78, 5) is 0. The lowest BCUT2D eigenvalue weighted by Crippen LogP contribution is -2.34. The van der Waals surface area contributed by atoms with Gasteiger partial charge in [0.1, 0.15) is 5.82 Å². The molecule has 0 radical (unpaired) electrons. The molecular weight excluding hydrogens is 241 g/mol. The first kappa shape index (κ1) is 14.1. The fraction of sp³-hybridized carbons (Fsp3) is 0.500. The Bertz CT molecular complexity index is 473. The van der Waals surface area contributed by atoms with Crippen LogP contribution in [0.5, 0.6) is 0 Å². The molecule has 0 aliphatic carbocycles. The number of hydrogen-bond acceptors (Lipinski definition) is 3. The summed E-state index contributed by atoms with van der Waals surface area (Å²) in [6.07, 6.45) is 0.424. The third-order valence-electron chi connectivity index (χ3n) is 2.90. The van der Waals surface area contributed by atoms with Gasteiger partial charge in [0.05, 0.1) is 5.25 Å². The van der Waals surface area contributed by atoms with Gasteiger partial charge in [-0.2, -0.15) is 0 Å². The van der Waals surface area contributed by atoms with Crippen LogP contribution in [0.2, 0.25) is 0 Å². The molecule has 0 unspecified atom stereocenters. The zero-order valence-electron chi connectivity index (χ0n) is 10.1. The van der Waals surface area contributed by atoms with Crippen molar-refractivity contribution in [2.75, 3.05) is 5.75 Å². The molecule has 1 aromatic rings. The molecule has 0 heterocycles. The summed E-state index contributed by atoms with van der Waals surface area (Å²) < 4.78 is 36.8. The number of sulfone groups is 1. The van der Waals surface area contributed by atoms with Crippen molar-refractivity contribution in [1.29, 1.82) is 0 Å². The van der Waals surface area contributed by atoms with Crippen LogP contribution in [0.4, 0.5) is 4.39 Å². The average Bonchev–Trinajstić information content (AvgIpc) is 2.29. The van der Waals surface area contributed by atoms with Crippen molar-refractivity contribution in [3.63, 3.8) is 0 Å². The van der Waals surface area contributed by atoms with Crippen LogP contribution in [-0.4, -0.2) is 19.4 Å². The number of hydrogen-bond donors (Lipinski definition) is 1. The van der Waals surface area contributed by atoms with E-state index in [1.807, 2.05) is 0 Å². The van der Waals surface area contributed by atoms with E-state index in [9.17, 15) is 12.8 Å². The SMILES string of the molecule is CC[C@H]([C@@H](N)c1cccc(F)c1)S(=O)(=O)CC. The van der Waals surface area contributed by atoms with Gasteiger partial charge in [0.25, 0.3) is 0 Å². The van der Waals surface area contributed by atoms with Gasteiger partial charge in [-0.1, -0.05) is 26.0 Å². The smallest absolute Gasteiger partial charge is 0.154 e. The number of nitrogens with two attached hydrogens (primary N) is 1. The largest absolute Gasteiger partial charge is 0.323 e. The van der Waals surface area contributed by atoms with E-state index in [2.05, 4.69) is 0 Å². The molecular formula is C12H18FNO2S. The Hall–Kier alpha value is -0.940. The second kappa shape index (κ2) is 5.60. The molecule has 2 N–H and O–H groups in total. The minimum atomic E-state index is -3.22. The molecule has 0 fully saturated rings. The van der Waals surface area contributed by atoms with Crippen LogP contribution in [0.25, 0.3) is 0 Å². The summed E-state index contributed by atoms with van der Waals surface area (Å²) in [5, 5.41) is -0.658. The molecule has 17 heavy (non-hydrogen) atoms. The zero-order valence-corrected chi connectivity index (χ0v) is 10.9. The van der Waals surface area contributed by atoms with Crippen LogP contribution in [0.15, 0.2) is 24.3 Å². The molecule has 1 rings (SSSR count). The Morgan fingerprint density at radius 1 is 1.35 bits per heavy atom. The highest BCUT2D eigenvalue weighted by molar-refractivity contribution is 7.92. The van der Waals surface area contributed by atoms with Crippen molar-refractivity contribution in [3.8, 4) is 0 Å². The molecule has 1 aromatic carbocycles. The maximum absolute atomic E-state index is 13.1. The molecule has 96 valence electrons. The minimum absolute atomic E-state index is 0.0501. The predicted molar refractivity (Wildman–Crippen MR) is 66.9 cm³/mol. The van der Waals surface area contributed by atoms with Crippen LogP contribution >= 0.6 is 0 Å². The van der Waals surface area contributed by atoms with E-state index in [1.165, 1.54) is 18.2 Å². The number of halogens is 1. The van der Waals surface area contributed by atoms with E-state index in [1.54, 1.807) is 19.9 Å². The summed E-state index contributed by atoms with van der Waals surface area (Å²) in [5.41, 5.74) is 6.46. The molecule has 0 spiro atoms. The van der Waals surface area contributed by atoms with E-state index in [4.69, 9.17) is 5.73 Å². The average molecular weight is 259 g/mol. The predicted octanol–water partition coefficient (Wildman–Crippen LogP) is 2.04. The Morgan fingerprint density at radius 3 is 2.47 bits per heavy atom. The normalized spacial score (nSPS) is 15.5. The standard InChI is InChI=1S/C12H18FNO2S/c1-3-11(17(15,16)4-2)12(14)9-6-5-7-10(13)8-9/h5-8,11-12H,3-4,14H2,1-2H3/t11-,12+/m1/s1. The third-order valence-corrected chi connectivity index (χ3v) is 5.25. The summed E-state index contributed by atoms with van der Waals surface area (Å²) in [5.74, 6) is -0.351. The van der Waals surface area contributed by atoms with Gasteiger partial charge in [0.2, 0.25) is 0 Å². The van der Waals surface area contributed by atoms with Crippen molar-refractivity contribution < 1.29 is 12.8 Å². The van der Waals surface area contributed by atoms with E-state index in [0.717, 1.165) is 0 Å². The molecule has 5 heteroatoms. The highest BCUT2D eigenvalue weighted by Crippen LogP contribution is 2.23. The van der Waals surface area contributed by atoms with Gasteiger partial charge < -0.3 is 5.73 Å². The molecule has 0 aliphatic rings. The Kier molecular flexibility index (Phi) is 4.65. The van der Waals surface area contributed by atoms with E-state index < -0.39 is 26.9 Å². The van der Waals surface area contributed by atoms with Crippen molar-refractivity contribution in [1.82, 2.24) is 0 Å². The summed E-state index contributed by atoms with van der Waals surface area (Å²) in [6.45, 7) is 3.37. The van der Waals surface area contributed by atoms with E-state index >= 15 is 0 Å². The van der Waals surface area contributed by atoms with Crippen LogP contribution in [-0.2, 0) is 9.84 Å². The third kappa shape index (κ3) is 3.26. The maximum Gasteiger partial charge on any atom is 0.154 e. The minimum Gasteiger partial charge on any atom is -0.323 e. The van der Waals surface area contributed by atoms with Gasteiger partial charge >= 0.3 is 0 Å². The topological polar surface area (TPSA) is 60.2 Å². The number of rotatable bonds is 5. The Balaban J connectivity index is 3.06. The van der Waals surface area contributed by atoms with E-state index in [-0.39, 0.29) is 5.75 Å². The van der Waals surface area contributed by atoms with Gasteiger partial charge in [0.15, 0.2) is 9.84 Å². The fourth-order valence-corrected chi connectivity index (χ4v) is 3.41. The zero-order chi connectivity index (χ0) is 13.1. The fourth-order valence-electron chi connectivity index (χ4n) is 1.87. The Labute approximate surface area is 102 Å². The van der Waals surface area contributed by atoms with Crippen molar-refractivity contribution in [2.45, 2.75) is 31.6 Å². The highest BCUT2D eigenvalue weighted by Gasteiger charge is 2.29. The van der Waals surface area contributed by atoms with E-state index in [0.29, 0.717) is 12.0 Å². The Morgan fingerprint density at radius 2 is 2.00 bits per heavy atom. The second-order valence-corrected chi connectivity index (χ2v) is 6.49. The molecule has 0 aliphatic heterocycles. The number of benzene rings is 1. The van der Waals surface area contributed by atoms with Crippen molar-refractivity contribution in [3.05, 3.63) is 35.6 Å². The second-order valence-electron chi connectivity index (χ2n) is 3.98. The summed E-state index contributed by atoms with van der Waals surface area (Å²) in [7, 11) is -3.22. The molecule has 0 saturated heterocycles. The first-order valence-corrected chi connectivity index (χ1v) is 7.36. The molecule has 0 amide bonds. The van der Waals surface area contributed by atoms with Crippen LogP contribution < -0.4 is 5.73 Å². The quantitative estimate of drug-likeness (QED) is 0.880. The van der Waals surface area contributed by atoms with Gasteiger partial charge in [-0.3, -0.25) is 0 Å². The van der Waals surface area contributed by atoms with Crippen LogP contribution in [0.3, 0.4) is 0 Å². The van der Waals surface area contributed by atoms with Crippen LogP contribution in [0, 0.1) is 5.82 Å². The molecule has 0 saturated carbocycles. The lowest BCUT2D eigenvalue weighted by molar-refractivity contribution is 0.546. The van der Waals surface area contributed by atoms with Crippen molar-refractivity contribution >= 4 is 9.84 Å². The monoisotopic (exact) mass is 259 g/mol. The van der Waals surface area contributed by atoms with Gasteiger partial charge in [0, 0.05) is 11.8 Å². The molecule has 3 nitrogen and oxygen atoms in total. The highest BCUT2D eigenvalue weighted by atomic mass is 32.2.